The maximum atomic E-state index is 12.7. The number of hydrogen-bond acceptors (Lipinski definition) is 4. The van der Waals surface area contributed by atoms with Gasteiger partial charge in [-0.25, -0.2) is 0 Å². The zero-order valence-electron chi connectivity index (χ0n) is 15.9. The summed E-state index contributed by atoms with van der Waals surface area (Å²) in [7, 11) is 0. The molecule has 0 saturated heterocycles. The van der Waals surface area contributed by atoms with Crippen LogP contribution in [0, 0.1) is 18.3 Å². The number of aromatic nitrogens is 2. The highest BCUT2D eigenvalue weighted by molar-refractivity contribution is 6.31. The molecule has 1 unspecified atom stereocenters. The molecule has 3 rings (SSSR count). The lowest BCUT2D eigenvalue weighted by Gasteiger charge is -2.25. The number of amides is 1. The van der Waals surface area contributed by atoms with Crippen LogP contribution in [-0.4, -0.2) is 22.1 Å². The van der Waals surface area contributed by atoms with Crippen molar-refractivity contribution in [1.29, 1.82) is 5.26 Å². The van der Waals surface area contributed by atoms with Gasteiger partial charge in [0.25, 0.3) is 0 Å². The zero-order valence-corrected chi connectivity index (χ0v) is 16.7. The number of nitrogens with zero attached hydrogens (tertiary/aromatic N) is 3. The van der Waals surface area contributed by atoms with E-state index in [1.54, 1.807) is 29.8 Å². The van der Waals surface area contributed by atoms with Crippen LogP contribution >= 0.6 is 11.6 Å². The van der Waals surface area contributed by atoms with Gasteiger partial charge in [-0.15, -0.1) is 13.2 Å². The minimum Gasteiger partial charge on any atom is -0.406 e. The number of nitrogens with two attached hydrogens (primary N) is 1. The fourth-order valence-corrected chi connectivity index (χ4v) is 3.43. The zero-order chi connectivity index (χ0) is 22.3. The molecular weight excluding hydrogens is 421 g/mol. The number of nitriles is 1. The predicted octanol–water partition coefficient (Wildman–Crippen LogP) is 4.48. The molecule has 1 heterocycles. The molecule has 1 amide bonds. The first kappa shape index (κ1) is 21.5. The van der Waals surface area contributed by atoms with E-state index < -0.39 is 23.4 Å². The van der Waals surface area contributed by atoms with Crippen molar-refractivity contribution in [3.63, 3.8) is 0 Å². The first-order valence-corrected chi connectivity index (χ1v) is 9.05. The van der Waals surface area contributed by atoms with Gasteiger partial charge >= 0.3 is 6.36 Å². The first-order valence-electron chi connectivity index (χ1n) is 8.67. The van der Waals surface area contributed by atoms with Gasteiger partial charge in [0.15, 0.2) is 0 Å². The van der Waals surface area contributed by atoms with Gasteiger partial charge in [0.2, 0.25) is 5.91 Å². The molecule has 0 spiro atoms. The van der Waals surface area contributed by atoms with Crippen LogP contribution in [0.3, 0.4) is 0 Å². The Balaban J connectivity index is 2.11. The maximum absolute atomic E-state index is 12.7. The van der Waals surface area contributed by atoms with Gasteiger partial charge < -0.3 is 10.5 Å². The van der Waals surface area contributed by atoms with E-state index in [1.165, 1.54) is 6.92 Å². The highest BCUT2D eigenvalue weighted by Gasteiger charge is 2.35. The van der Waals surface area contributed by atoms with Gasteiger partial charge in [-0.2, -0.15) is 10.4 Å². The van der Waals surface area contributed by atoms with E-state index in [2.05, 4.69) is 15.9 Å². The van der Waals surface area contributed by atoms with Crippen molar-refractivity contribution >= 4 is 28.4 Å². The number of carbonyl (C=O) groups excluding carboxylic acids is 1. The second kappa shape index (κ2) is 7.54. The number of carbonyl (C=O) groups is 1. The molecular formula is C20H16ClF3N4O2. The number of aryl methyl sites for hydroxylation is 1. The fraction of sp³-hybridized carbons (Fsp3) is 0.250. The number of alkyl halides is 3. The number of hydrogen-bond donors (Lipinski definition) is 1. The Morgan fingerprint density at radius 1 is 1.30 bits per heavy atom. The molecule has 2 aromatic carbocycles. The Morgan fingerprint density at radius 3 is 2.60 bits per heavy atom. The SMILES string of the molecule is Cc1c2ccc(Cl)cc2nn1CC(C)(C#N)c1cc(OC(F)(F)F)ccc1C(N)=O. The third-order valence-electron chi connectivity index (χ3n) is 4.76. The van der Waals surface area contributed by atoms with E-state index >= 15 is 0 Å². The van der Waals surface area contributed by atoms with Crippen molar-refractivity contribution in [1.82, 2.24) is 9.78 Å². The van der Waals surface area contributed by atoms with Crippen molar-refractivity contribution in [3.8, 4) is 11.8 Å². The van der Waals surface area contributed by atoms with Gasteiger partial charge in [0.1, 0.15) is 5.75 Å². The highest BCUT2D eigenvalue weighted by atomic mass is 35.5. The van der Waals surface area contributed by atoms with Gasteiger partial charge in [-0.05, 0) is 55.8 Å². The number of rotatable bonds is 5. The molecule has 0 bridgehead atoms. The van der Waals surface area contributed by atoms with Crippen LogP contribution in [0.5, 0.6) is 5.75 Å². The summed E-state index contributed by atoms with van der Waals surface area (Å²) in [5.41, 5.74) is 5.22. The molecule has 0 aliphatic carbocycles. The van der Waals surface area contributed by atoms with Gasteiger partial charge in [-0.1, -0.05) is 11.6 Å². The lowest BCUT2D eigenvalue weighted by Crippen LogP contribution is -2.31. The summed E-state index contributed by atoms with van der Waals surface area (Å²) < 4.78 is 43.5. The van der Waals surface area contributed by atoms with Crippen LogP contribution in [0.2, 0.25) is 5.02 Å². The molecule has 2 N–H and O–H groups in total. The van der Waals surface area contributed by atoms with Crippen LogP contribution in [0.1, 0.15) is 28.5 Å². The van der Waals surface area contributed by atoms with E-state index in [1.807, 2.05) is 0 Å². The molecule has 0 radical (unpaired) electrons. The van der Waals surface area contributed by atoms with Crippen LogP contribution in [0.25, 0.3) is 10.9 Å². The Labute approximate surface area is 174 Å². The monoisotopic (exact) mass is 436 g/mol. The number of ether oxygens (including phenoxy) is 1. The molecule has 0 aliphatic heterocycles. The summed E-state index contributed by atoms with van der Waals surface area (Å²) in [4.78, 5) is 11.9. The quantitative estimate of drug-likeness (QED) is 0.638. The van der Waals surface area contributed by atoms with E-state index in [-0.39, 0.29) is 17.7 Å². The second-order valence-corrected chi connectivity index (χ2v) is 7.40. The maximum Gasteiger partial charge on any atom is 0.573 e. The van der Waals surface area contributed by atoms with Crippen LogP contribution in [0.4, 0.5) is 13.2 Å². The minimum atomic E-state index is -4.93. The van der Waals surface area contributed by atoms with Gasteiger partial charge in [0.05, 0.1) is 23.5 Å². The number of benzene rings is 2. The largest absolute Gasteiger partial charge is 0.573 e. The smallest absolute Gasteiger partial charge is 0.406 e. The molecule has 0 aliphatic rings. The Kier molecular flexibility index (Phi) is 5.39. The van der Waals surface area contributed by atoms with E-state index in [0.29, 0.717) is 10.5 Å². The molecule has 1 atom stereocenters. The fourth-order valence-electron chi connectivity index (χ4n) is 3.26. The molecule has 6 nitrogen and oxygen atoms in total. The molecule has 1 aromatic heterocycles. The average molecular weight is 437 g/mol. The Bertz CT molecular complexity index is 1180. The molecule has 156 valence electrons. The molecule has 0 saturated carbocycles. The standard InChI is InChI=1S/C20H16ClF3N4O2/c1-11-14-5-3-12(21)7-17(14)27-28(11)10-19(2,9-25)16-8-13(30-20(22,23)24)4-6-15(16)18(26)29/h3-8H,10H2,1-2H3,(H2,26,29). The lowest BCUT2D eigenvalue weighted by molar-refractivity contribution is -0.274. The van der Waals surface area contributed by atoms with E-state index in [0.717, 1.165) is 29.3 Å². The van der Waals surface area contributed by atoms with Crippen LogP contribution in [-0.2, 0) is 12.0 Å². The summed E-state index contributed by atoms with van der Waals surface area (Å²) in [5.74, 6) is -1.43. The Hall–Kier alpha value is -3.25. The van der Waals surface area contributed by atoms with Crippen molar-refractivity contribution in [2.75, 3.05) is 0 Å². The summed E-state index contributed by atoms with van der Waals surface area (Å²) in [6.45, 7) is 3.24. The van der Waals surface area contributed by atoms with Gasteiger partial charge in [0, 0.05) is 21.7 Å². The van der Waals surface area contributed by atoms with Crippen molar-refractivity contribution < 1.29 is 22.7 Å². The minimum absolute atomic E-state index is 0.0104. The van der Waals surface area contributed by atoms with Gasteiger partial charge in [-0.3, -0.25) is 9.48 Å². The first-order chi connectivity index (χ1) is 13.9. The highest BCUT2D eigenvalue weighted by Crippen LogP contribution is 2.34. The summed E-state index contributed by atoms with van der Waals surface area (Å²) in [6, 6.07) is 10.3. The lowest BCUT2D eigenvalue weighted by atomic mass is 9.80. The molecule has 0 fully saturated rings. The number of halogens is 4. The molecule has 3 aromatic rings. The van der Waals surface area contributed by atoms with E-state index in [9.17, 15) is 23.2 Å². The van der Waals surface area contributed by atoms with Crippen LogP contribution < -0.4 is 10.5 Å². The number of primary amides is 1. The third-order valence-corrected chi connectivity index (χ3v) is 5.00. The molecule has 30 heavy (non-hydrogen) atoms. The second-order valence-electron chi connectivity index (χ2n) is 6.97. The predicted molar refractivity (Wildman–Crippen MR) is 104 cm³/mol. The summed E-state index contributed by atoms with van der Waals surface area (Å²) in [5, 5.41) is 15.7. The van der Waals surface area contributed by atoms with E-state index in [4.69, 9.17) is 17.3 Å². The van der Waals surface area contributed by atoms with Crippen molar-refractivity contribution in [3.05, 3.63) is 58.2 Å². The van der Waals surface area contributed by atoms with Crippen molar-refractivity contribution in [2.45, 2.75) is 32.2 Å². The third kappa shape index (κ3) is 4.19. The normalized spacial score (nSPS) is 13.6. The number of fused-ring (bicyclic) bond motifs is 1. The average Bonchev–Trinajstić information content (AvgIpc) is 2.94. The summed E-state index contributed by atoms with van der Waals surface area (Å²) >= 11 is 6.00. The van der Waals surface area contributed by atoms with Crippen molar-refractivity contribution in [2.24, 2.45) is 5.73 Å². The summed E-state index contributed by atoms with van der Waals surface area (Å²) in [6.07, 6.45) is -4.93. The Morgan fingerprint density at radius 2 is 2.00 bits per heavy atom. The molecule has 10 heteroatoms. The topological polar surface area (TPSA) is 93.9 Å². The van der Waals surface area contributed by atoms with Crippen LogP contribution in [0.15, 0.2) is 36.4 Å².